The van der Waals surface area contributed by atoms with Gasteiger partial charge in [-0.3, -0.25) is 4.79 Å². The Kier molecular flexibility index (Phi) is 3.04. The average molecular weight is 320 g/mol. The lowest BCUT2D eigenvalue weighted by atomic mass is 9.49. The lowest BCUT2D eigenvalue weighted by molar-refractivity contribution is -0.140. The predicted octanol–water partition coefficient (Wildman–Crippen LogP) is 4.70. The van der Waals surface area contributed by atoms with Crippen LogP contribution in [0.1, 0.15) is 44.1 Å². The maximum Gasteiger partial charge on any atom is 0.231 e. The zero-order chi connectivity index (χ0) is 16.3. The first-order valence-corrected chi connectivity index (χ1v) is 9.29. The first-order valence-electron chi connectivity index (χ1n) is 9.29. The molecule has 4 aliphatic rings. The number of aryl methyl sites for hydroxylation is 1. The Balaban J connectivity index is 1.45. The number of benzene rings is 1. The largest absolute Gasteiger partial charge is 0.310 e. The van der Waals surface area contributed by atoms with Crippen LogP contribution in [0.3, 0.4) is 0 Å². The first kappa shape index (κ1) is 14.4. The Morgan fingerprint density at radius 1 is 1.08 bits per heavy atom. The number of pyridine rings is 1. The van der Waals surface area contributed by atoms with Crippen molar-refractivity contribution in [2.24, 2.45) is 23.2 Å². The van der Waals surface area contributed by atoms with Crippen LogP contribution in [0.15, 0.2) is 30.3 Å². The second kappa shape index (κ2) is 5.05. The van der Waals surface area contributed by atoms with Crippen molar-refractivity contribution in [3.63, 3.8) is 0 Å². The van der Waals surface area contributed by atoms with Crippen LogP contribution >= 0.6 is 0 Å². The first-order chi connectivity index (χ1) is 11.6. The fourth-order valence-corrected chi connectivity index (χ4v) is 5.98. The summed E-state index contributed by atoms with van der Waals surface area (Å²) in [7, 11) is 0. The van der Waals surface area contributed by atoms with Crippen molar-refractivity contribution in [1.29, 1.82) is 0 Å². The molecule has 1 aromatic heterocycles. The molecule has 1 heterocycles. The third-order valence-electron chi connectivity index (χ3n) is 6.67. The zero-order valence-corrected chi connectivity index (χ0v) is 14.2. The van der Waals surface area contributed by atoms with Crippen LogP contribution in [0.25, 0.3) is 10.9 Å². The fourth-order valence-electron chi connectivity index (χ4n) is 5.98. The number of fused-ring (bicyclic) bond motifs is 1. The number of hydrogen-bond donors (Lipinski definition) is 1. The molecule has 1 aromatic carbocycles. The van der Waals surface area contributed by atoms with Crippen LogP contribution in [0.5, 0.6) is 0 Å². The Morgan fingerprint density at radius 2 is 1.71 bits per heavy atom. The maximum absolute atomic E-state index is 13.2. The minimum Gasteiger partial charge on any atom is -0.310 e. The smallest absolute Gasteiger partial charge is 0.231 e. The number of nitrogens with one attached hydrogen (secondary N) is 1. The number of aromatic nitrogens is 1. The summed E-state index contributed by atoms with van der Waals surface area (Å²) in [5.41, 5.74) is 1.88. The van der Waals surface area contributed by atoms with Gasteiger partial charge in [0.25, 0.3) is 0 Å². The van der Waals surface area contributed by atoms with E-state index in [-0.39, 0.29) is 11.3 Å². The summed E-state index contributed by atoms with van der Waals surface area (Å²) >= 11 is 0. The predicted molar refractivity (Wildman–Crippen MR) is 95.7 cm³/mol. The summed E-state index contributed by atoms with van der Waals surface area (Å²) in [6.07, 6.45) is 7.37. The molecule has 0 spiro atoms. The third kappa shape index (κ3) is 2.17. The molecular formula is C21H24N2O. The molecule has 4 bridgehead atoms. The number of carbonyl (C=O) groups excluding carboxylic acids is 1. The lowest BCUT2D eigenvalue weighted by Crippen LogP contribution is -2.51. The SMILES string of the molecule is Cc1cc2ccccc2nc1NC(=O)C12CC3CC(CC(C3)C1)C2. The Morgan fingerprint density at radius 3 is 2.38 bits per heavy atom. The van der Waals surface area contributed by atoms with E-state index in [0.717, 1.165) is 59.3 Å². The summed E-state index contributed by atoms with van der Waals surface area (Å²) in [5, 5.41) is 4.34. The average Bonchev–Trinajstić information content (AvgIpc) is 2.54. The summed E-state index contributed by atoms with van der Waals surface area (Å²) < 4.78 is 0. The van der Waals surface area contributed by atoms with Gasteiger partial charge in [0.2, 0.25) is 5.91 Å². The van der Waals surface area contributed by atoms with Gasteiger partial charge in [0.05, 0.1) is 10.9 Å². The fraction of sp³-hybridized carbons (Fsp3) is 0.524. The summed E-state index contributed by atoms with van der Waals surface area (Å²) in [4.78, 5) is 17.9. The van der Waals surface area contributed by atoms with E-state index in [1.165, 1.54) is 19.3 Å². The highest BCUT2D eigenvalue weighted by molar-refractivity contribution is 5.96. The Bertz CT molecular complexity index is 790. The molecule has 1 N–H and O–H groups in total. The van der Waals surface area contributed by atoms with Crippen LogP contribution in [0.2, 0.25) is 0 Å². The molecule has 0 aliphatic heterocycles. The van der Waals surface area contributed by atoms with E-state index in [1.54, 1.807) is 0 Å². The van der Waals surface area contributed by atoms with Crippen molar-refractivity contribution in [2.45, 2.75) is 45.4 Å². The minimum absolute atomic E-state index is 0.117. The van der Waals surface area contributed by atoms with Gasteiger partial charge in [0.15, 0.2) is 0 Å². The Hall–Kier alpha value is -1.90. The normalized spacial score (nSPS) is 33.8. The maximum atomic E-state index is 13.2. The van der Waals surface area contributed by atoms with Gasteiger partial charge in [-0.1, -0.05) is 18.2 Å². The standard InChI is InChI=1S/C21H24N2O/c1-13-6-17-4-2-3-5-18(17)22-19(13)23-20(24)21-10-14-7-15(11-21)9-16(8-14)12-21/h2-6,14-16H,7-12H2,1H3,(H,22,23,24). The van der Waals surface area contributed by atoms with Crippen molar-refractivity contribution in [3.05, 3.63) is 35.9 Å². The highest BCUT2D eigenvalue weighted by Gasteiger charge is 2.54. The number of carbonyl (C=O) groups is 1. The molecule has 24 heavy (non-hydrogen) atoms. The van der Waals surface area contributed by atoms with Crippen LogP contribution in [-0.2, 0) is 4.79 Å². The molecule has 4 saturated carbocycles. The van der Waals surface area contributed by atoms with Crippen molar-refractivity contribution < 1.29 is 4.79 Å². The number of nitrogens with zero attached hydrogens (tertiary/aromatic N) is 1. The number of para-hydroxylation sites is 1. The van der Waals surface area contributed by atoms with E-state index in [4.69, 9.17) is 4.98 Å². The second-order valence-corrected chi connectivity index (χ2v) is 8.50. The zero-order valence-electron chi connectivity index (χ0n) is 14.2. The quantitative estimate of drug-likeness (QED) is 0.871. The summed E-state index contributed by atoms with van der Waals surface area (Å²) in [6.45, 7) is 2.04. The van der Waals surface area contributed by atoms with Crippen molar-refractivity contribution in [2.75, 3.05) is 5.32 Å². The highest BCUT2D eigenvalue weighted by Crippen LogP contribution is 2.60. The molecule has 4 aliphatic carbocycles. The van der Waals surface area contributed by atoms with Gasteiger partial charge in [-0.25, -0.2) is 4.98 Å². The second-order valence-electron chi connectivity index (χ2n) is 8.50. The van der Waals surface area contributed by atoms with Gasteiger partial charge in [0.1, 0.15) is 5.82 Å². The highest BCUT2D eigenvalue weighted by atomic mass is 16.2. The molecule has 124 valence electrons. The van der Waals surface area contributed by atoms with Crippen LogP contribution in [0, 0.1) is 30.1 Å². The molecule has 0 radical (unpaired) electrons. The van der Waals surface area contributed by atoms with Crippen LogP contribution in [0.4, 0.5) is 5.82 Å². The number of rotatable bonds is 2. The summed E-state index contributed by atoms with van der Waals surface area (Å²) in [5.74, 6) is 3.33. The van der Waals surface area contributed by atoms with Crippen molar-refractivity contribution in [1.82, 2.24) is 4.98 Å². The van der Waals surface area contributed by atoms with Crippen molar-refractivity contribution >= 4 is 22.6 Å². The molecule has 2 aromatic rings. The van der Waals surface area contributed by atoms with E-state index >= 15 is 0 Å². The number of anilines is 1. The molecular weight excluding hydrogens is 296 g/mol. The van der Waals surface area contributed by atoms with Crippen LogP contribution in [-0.4, -0.2) is 10.9 Å². The monoisotopic (exact) mass is 320 g/mol. The molecule has 3 heteroatoms. The van der Waals surface area contributed by atoms with E-state index in [1.807, 2.05) is 25.1 Å². The van der Waals surface area contributed by atoms with Gasteiger partial charge in [0, 0.05) is 5.39 Å². The molecule has 3 nitrogen and oxygen atoms in total. The van der Waals surface area contributed by atoms with E-state index in [0.29, 0.717) is 0 Å². The molecule has 0 saturated heterocycles. The molecule has 1 amide bonds. The topological polar surface area (TPSA) is 42.0 Å². The van der Waals surface area contributed by atoms with Gasteiger partial charge in [-0.2, -0.15) is 0 Å². The van der Waals surface area contributed by atoms with Crippen molar-refractivity contribution in [3.8, 4) is 0 Å². The van der Waals surface area contributed by atoms with Gasteiger partial charge < -0.3 is 5.32 Å². The third-order valence-corrected chi connectivity index (χ3v) is 6.67. The molecule has 0 atom stereocenters. The number of hydrogen-bond acceptors (Lipinski definition) is 2. The molecule has 4 fully saturated rings. The van der Waals surface area contributed by atoms with Gasteiger partial charge >= 0.3 is 0 Å². The lowest BCUT2D eigenvalue weighted by Gasteiger charge is -2.55. The van der Waals surface area contributed by atoms with E-state index in [9.17, 15) is 4.79 Å². The van der Waals surface area contributed by atoms with E-state index < -0.39 is 0 Å². The Labute approximate surface area is 142 Å². The molecule has 0 unspecified atom stereocenters. The summed E-state index contributed by atoms with van der Waals surface area (Å²) in [6, 6.07) is 10.2. The van der Waals surface area contributed by atoms with E-state index in [2.05, 4.69) is 17.4 Å². The van der Waals surface area contributed by atoms with Crippen LogP contribution < -0.4 is 5.32 Å². The minimum atomic E-state index is -0.117. The van der Waals surface area contributed by atoms with Gasteiger partial charge in [-0.15, -0.1) is 0 Å². The molecule has 6 rings (SSSR count). The van der Waals surface area contributed by atoms with Gasteiger partial charge in [-0.05, 0) is 80.9 Å². The number of amides is 1.